The van der Waals surface area contributed by atoms with Crippen molar-refractivity contribution in [1.82, 2.24) is 14.8 Å². The molecule has 1 aliphatic rings. The van der Waals surface area contributed by atoms with E-state index in [0.29, 0.717) is 11.6 Å². The van der Waals surface area contributed by atoms with Crippen molar-refractivity contribution in [2.24, 2.45) is 0 Å². The van der Waals surface area contributed by atoms with Crippen LogP contribution in [0.25, 0.3) is 5.70 Å². The molecule has 2 heterocycles. The molecule has 36 heavy (non-hydrogen) atoms. The van der Waals surface area contributed by atoms with Crippen LogP contribution in [0.1, 0.15) is 24.1 Å². The van der Waals surface area contributed by atoms with Gasteiger partial charge in [-0.15, -0.1) is 5.10 Å². The molecule has 182 valence electrons. The fraction of sp³-hybridized carbons (Fsp3) is 0.0800. The third-order valence-corrected chi connectivity index (χ3v) is 6.82. The fourth-order valence-corrected chi connectivity index (χ4v) is 4.76. The van der Waals surface area contributed by atoms with Gasteiger partial charge in [-0.25, -0.2) is 22.2 Å². The van der Waals surface area contributed by atoms with Crippen LogP contribution in [0.5, 0.6) is 0 Å². The number of carbonyl (C=O) groups is 1. The van der Waals surface area contributed by atoms with Crippen molar-refractivity contribution < 1.29 is 17.6 Å². The summed E-state index contributed by atoms with van der Waals surface area (Å²) in [6.07, 6.45) is 1.92. The second kappa shape index (κ2) is 9.27. The molecule has 0 saturated heterocycles. The lowest BCUT2D eigenvalue weighted by molar-refractivity contribution is -0.114. The molecule has 1 unspecified atom stereocenters. The molecule has 0 aliphatic carbocycles. The van der Waals surface area contributed by atoms with Gasteiger partial charge in [0.1, 0.15) is 11.9 Å². The van der Waals surface area contributed by atoms with Crippen LogP contribution < -0.4 is 15.4 Å². The second-order valence-electron chi connectivity index (χ2n) is 8.08. The van der Waals surface area contributed by atoms with E-state index in [-0.39, 0.29) is 22.6 Å². The van der Waals surface area contributed by atoms with Crippen LogP contribution in [0.4, 0.5) is 22.0 Å². The second-order valence-corrected chi connectivity index (χ2v) is 9.76. The molecule has 3 N–H and O–H groups in total. The van der Waals surface area contributed by atoms with Gasteiger partial charge >= 0.3 is 0 Å². The van der Waals surface area contributed by atoms with Crippen LogP contribution in [-0.4, -0.2) is 29.1 Å². The highest BCUT2D eigenvalue weighted by atomic mass is 32.2. The Morgan fingerprint density at radius 2 is 1.69 bits per heavy atom. The van der Waals surface area contributed by atoms with E-state index in [1.54, 1.807) is 12.1 Å². The molecule has 0 fully saturated rings. The molecule has 0 radical (unpaired) electrons. The van der Waals surface area contributed by atoms with Gasteiger partial charge in [0, 0.05) is 18.3 Å². The zero-order valence-corrected chi connectivity index (χ0v) is 19.8. The molecule has 3 aromatic carbocycles. The molecule has 4 aromatic rings. The van der Waals surface area contributed by atoms with Crippen LogP contribution in [0, 0.1) is 5.82 Å². The van der Waals surface area contributed by atoms with Crippen molar-refractivity contribution >= 4 is 39.2 Å². The number of carbonyl (C=O) groups excluding carboxylic acids is 1. The van der Waals surface area contributed by atoms with Gasteiger partial charge in [0.25, 0.3) is 16.0 Å². The molecule has 0 saturated carbocycles. The Bertz CT molecular complexity index is 1550. The van der Waals surface area contributed by atoms with E-state index in [1.165, 1.54) is 48.0 Å². The summed E-state index contributed by atoms with van der Waals surface area (Å²) in [7, 11) is -4.01. The Morgan fingerprint density at radius 1 is 1.00 bits per heavy atom. The van der Waals surface area contributed by atoms with Crippen LogP contribution in [-0.2, 0) is 14.8 Å². The first-order valence-electron chi connectivity index (χ1n) is 11.0. The molecule has 1 aromatic heterocycles. The Morgan fingerprint density at radius 3 is 2.36 bits per heavy atom. The molecule has 9 nitrogen and oxygen atoms in total. The highest BCUT2D eigenvalue weighted by molar-refractivity contribution is 7.92. The number of allylic oxidation sites excluding steroid dienone is 1. The Hall–Kier alpha value is -4.51. The Labute approximate surface area is 206 Å². The van der Waals surface area contributed by atoms with Gasteiger partial charge in [-0.3, -0.25) is 4.79 Å². The summed E-state index contributed by atoms with van der Waals surface area (Å²) in [6, 6.07) is 20.9. The standard InChI is InChI=1S/C25H21FN6O3S/c1-16(33)27-20-11-13-21(14-12-20)36(34,35)31-24-29-25-28-22(17-5-3-2-4-6-17)15-23(32(25)30-24)18-7-9-19(26)10-8-18/h2-15,23H,1H3,(H,27,33)(H2,28,29,30,31). The highest BCUT2D eigenvalue weighted by Crippen LogP contribution is 2.33. The number of sulfonamides is 1. The minimum atomic E-state index is -4.01. The SMILES string of the molecule is CC(=O)Nc1ccc(S(=O)(=O)Nc2nc3n(n2)C(c2ccc(F)cc2)C=C(c2ccccc2)N3)cc1. The van der Waals surface area contributed by atoms with Crippen LogP contribution >= 0.6 is 0 Å². The molecule has 1 amide bonds. The number of nitrogens with zero attached hydrogens (tertiary/aromatic N) is 3. The average Bonchev–Trinajstić information content (AvgIpc) is 3.26. The molecule has 0 spiro atoms. The molecule has 5 rings (SSSR count). The smallest absolute Gasteiger partial charge is 0.264 e. The number of amides is 1. The first kappa shape index (κ1) is 23.2. The summed E-state index contributed by atoms with van der Waals surface area (Å²) in [5, 5.41) is 10.2. The summed E-state index contributed by atoms with van der Waals surface area (Å²) >= 11 is 0. The first-order valence-corrected chi connectivity index (χ1v) is 12.4. The van der Waals surface area contributed by atoms with E-state index in [2.05, 4.69) is 25.4 Å². The Balaban J connectivity index is 1.47. The quantitative estimate of drug-likeness (QED) is 0.362. The minimum absolute atomic E-state index is 0.0180. The summed E-state index contributed by atoms with van der Waals surface area (Å²) < 4.78 is 43.4. The van der Waals surface area contributed by atoms with Crippen molar-refractivity contribution in [2.75, 3.05) is 15.4 Å². The number of rotatable bonds is 6. The number of nitrogens with one attached hydrogen (secondary N) is 3. The normalized spacial score (nSPS) is 14.8. The van der Waals surface area contributed by atoms with Gasteiger partial charge in [-0.05, 0) is 53.6 Å². The number of hydrogen-bond donors (Lipinski definition) is 3. The molecular weight excluding hydrogens is 483 g/mol. The zero-order valence-electron chi connectivity index (χ0n) is 19.0. The van der Waals surface area contributed by atoms with Gasteiger partial charge < -0.3 is 10.6 Å². The number of benzene rings is 3. The monoisotopic (exact) mass is 504 g/mol. The van der Waals surface area contributed by atoms with Gasteiger partial charge in [-0.2, -0.15) is 4.98 Å². The van der Waals surface area contributed by atoms with E-state index in [0.717, 1.165) is 16.8 Å². The first-order chi connectivity index (χ1) is 17.3. The third-order valence-electron chi connectivity index (χ3n) is 5.47. The summed E-state index contributed by atoms with van der Waals surface area (Å²) in [5.74, 6) is -0.428. The van der Waals surface area contributed by atoms with E-state index in [1.807, 2.05) is 36.4 Å². The Kier molecular flexibility index (Phi) is 5.98. The van der Waals surface area contributed by atoms with Gasteiger partial charge in [0.15, 0.2) is 0 Å². The van der Waals surface area contributed by atoms with Crippen molar-refractivity contribution in [2.45, 2.75) is 17.9 Å². The summed E-state index contributed by atoms with van der Waals surface area (Å²) in [6.45, 7) is 1.36. The van der Waals surface area contributed by atoms with Gasteiger partial charge in [-0.1, -0.05) is 42.5 Å². The molecule has 1 atom stereocenters. The van der Waals surface area contributed by atoms with Crippen LogP contribution in [0.3, 0.4) is 0 Å². The fourth-order valence-electron chi connectivity index (χ4n) is 3.82. The van der Waals surface area contributed by atoms with E-state index in [9.17, 15) is 17.6 Å². The van der Waals surface area contributed by atoms with E-state index in [4.69, 9.17) is 0 Å². The lowest BCUT2D eigenvalue weighted by Crippen LogP contribution is -2.20. The van der Waals surface area contributed by atoms with Crippen LogP contribution in [0.15, 0.2) is 89.8 Å². The van der Waals surface area contributed by atoms with E-state index < -0.39 is 16.1 Å². The summed E-state index contributed by atoms with van der Waals surface area (Å²) in [4.78, 5) is 15.6. The molecule has 0 bridgehead atoms. The van der Waals surface area contributed by atoms with Crippen LogP contribution in [0.2, 0.25) is 0 Å². The lowest BCUT2D eigenvalue weighted by atomic mass is 10.0. The van der Waals surface area contributed by atoms with Gasteiger partial charge in [0.05, 0.1) is 4.90 Å². The van der Waals surface area contributed by atoms with Crippen molar-refractivity contribution in [3.63, 3.8) is 0 Å². The number of halogens is 1. The largest absolute Gasteiger partial charge is 0.326 e. The topological polar surface area (TPSA) is 118 Å². The molecule has 11 heteroatoms. The number of anilines is 3. The number of hydrogen-bond acceptors (Lipinski definition) is 6. The highest BCUT2D eigenvalue weighted by Gasteiger charge is 2.27. The minimum Gasteiger partial charge on any atom is -0.326 e. The average molecular weight is 505 g/mol. The third kappa shape index (κ3) is 4.82. The number of fused-ring (bicyclic) bond motifs is 1. The van der Waals surface area contributed by atoms with Crippen molar-refractivity contribution in [1.29, 1.82) is 0 Å². The summed E-state index contributed by atoms with van der Waals surface area (Å²) in [5.41, 5.74) is 2.89. The maximum Gasteiger partial charge on any atom is 0.264 e. The maximum absolute atomic E-state index is 13.6. The number of aromatic nitrogens is 3. The van der Waals surface area contributed by atoms with Crippen molar-refractivity contribution in [3.05, 3.63) is 102 Å². The van der Waals surface area contributed by atoms with Gasteiger partial charge in [0.2, 0.25) is 11.9 Å². The predicted molar refractivity (Wildman–Crippen MR) is 134 cm³/mol. The predicted octanol–water partition coefficient (Wildman–Crippen LogP) is 4.23. The molecule has 1 aliphatic heterocycles. The van der Waals surface area contributed by atoms with Crippen molar-refractivity contribution in [3.8, 4) is 0 Å². The zero-order chi connectivity index (χ0) is 25.3. The maximum atomic E-state index is 13.6. The molecular formula is C25H21FN6O3S. The van der Waals surface area contributed by atoms with E-state index >= 15 is 0 Å². The lowest BCUT2D eigenvalue weighted by Gasteiger charge is -2.24.